The normalized spacial score (nSPS) is 22.9. The van der Waals surface area contributed by atoms with Gasteiger partial charge in [-0.15, -0.1) is 6.58 Å². The molecule has 33 heavy (non-hydrogen) atoms. The van der Waals surface area contributed by atoms with Crippen molar-refractivity contribution in [2.75, 3.05) is 0 Å². The van der Waals surface area contributed by atoms with E-state index in [0.29, 0.717) is 29.4 Å². The minimum absolute atomic E-state index is 0.406. The summed E-state index contributed by atoms with van der Waals surface area (Å²) in [6, 6.07) is 15.4. The first-order valence-corrected chi connectivity index (χ1v) is 19.6. The standard InChI is InChI=1S/C30H54OSi2/c1-9-11-12-13-14-18-21-29-28(10-2)30(24-32(7,8)27-19-16-15-17-20-27)33(31-29,22-25(3)4)23-26(5)6/h10,15-17,19-20,25-26,28-30H,2,9,11-14,18,21-24H2,1,3-8H3/t28-,29-,30+/m1/s1. The summed E-state index contributed by atoms with van der Waals surface area (Å²) in [4.78, 5) is 0. The lowest BCUT2D eigenvalue weighted by atomic mass is 9.94. The maximum Gasteiger partial charge on any atom is 0.197 e. The van der Waals surface area contributed by atoms with E-state index in [4.69, 9.17) is 4.43 Å². The highest BCUT2D eigenvalue weighted by Crippen LogP contribution is 2.54. The quantitative estimate of drug-likeness (QED) is 0.136. The van der Waals surface area contributed by atoms with Crippen molar-refractivity contribution in [1.82, 2.24) is 0 Å². The van der Waals surface area contributed by atoms with Crippen molar-refractivity contribution in [2.24, 2.45) is 17.8 Å². The average Bonchev–Trinajstić information content (AvgIpc) is 3.01. The zero-order chi connectivity index (χ0) is 24.5. The Kier molecular flexibility index (Phi) is 11.6. The monoisotopic (exact) mass is 486 g/mol. The first-order valence-electron chi connectivity index (χ1n) is 14.0. The Morgan fingerprint density at radius 2 is 1.52 bits per heavy atom. The van der Waals surface area contributed by atoms with E-state index in [1.165, 1.54) is 63.1 Å². The van der Waals surface area contributed by atoms with Gasteiger partial charge in [-0.05, 0) is 35.9 Å². The highest BCUT2D eigenvalue weighted by atomic mass is 28.4. The molecule has 1 aliphatic heterocycles. The number of hydrogen-bond acceptors (Lipinski definition) is 1. The van der Waals surface area contributed by atoms with Crippen molar-refractivity contribution in [3.05, 3.63) is 43.0 Å². The molecule has 0 N–H and O–H groups in total. The summed E-state index contributed by atoms with van der Waals surface area (Å²) in [6.45, 7) is 21.5. The molecule has 0 aliphatic carbocycles. The van der Waals surface area contributed by atoms with Crippen molar-refractivity contribution < 1.29 is 4.43 Å². The summed E-state index contributed by atoms with van der Waals surface area (Å²) in [7, 11) is -3.46. The highest BCUT2D eigenvalue weighted by molar-refractivity contribution is 6.91. The molecule has 0 spiro atoms. The third-order valence-electron chi connectivity index (χ3n) is 7.86. The van der Waals surface area contributed by atoms with Gasteiger partial charge in [-0.1, -0.05) is 134 Å². The maximum atomic E-state index is 7.39. The van der Waals surface area contributed by atoms with Gasteiger partial charge in [-0.2, -0.15) is 0 Å². The van der Waals surface area contributed by atoms with Crippen molar-refractivity contribution in [1.29, 1.82) is 0 Å². The van der Waals surface area contributed by atoms with Gasteiger partial charge in [-0.25, -0.2) is 0 Å². The molecule has 0 unspecified atom stereocenters. The van der Waals surface area contributed by atoms with Gasteiger partial charge in [0.25, 0.3) is 0 Å². The van der Waals surface area contributed by atoms with Gasteiger partial charge in [0.2, 0.25) is 0 Å². The molecule has 1 heterocycles. The molecule has 1 fully saturated rings. The molecule has 188 valence electrons. The number of rotatable bonds is 15. The molecule has 2 rings (SSSR count). The van der Waals surface area contributed by atoms with Crippen LogP contribution in [0.25, 0.3) is 0 Å². The SMILES string of the molecule is C=C[C@@H]1[C@@H](CCCCCCCC)O[Si](CC(C)C)(CC(C)C)[C@H]1C[Si](C)(C)c1ccccc1. The Hall–Kier alpha value is -0.646. The smallest absolute Gasteiger partial charge is 0.197 e. The highest BCUT2D eigenvalue weighted by Gasteiger charge is 2.56. The lowest BCUT2D eigenvalue weighted by Gasteiger charge is -2.39. The molecule has 1 saturated heterocycles. The van der Waals surface area contributed by atoms with Gasteiger partial charge in [0, 0.05) is 5.92 Å². The van der Waals surface area contributed by atoms with E-state index in [2.05, 4.69) is 90.7 Å². The Labute approximate surface area is 208 Å². The van der Waals surface area contributed by atoms with Crippen molar-refractivity contribution in [2.45, 2.75) is 122 Å². The van der Waals surface area contributed by atoms with Crippen LogP contribution in [0.2, 0.25) is 36.8 Å². The minimum Gasteiger partial charge on any atom is -0.413 e. The summed E-state index contributed by atoms with van der Waals surface area (Å²) in [5, 5.41) is 1.60. The second-order valence-electron chi connectivity index (χ2n) is 12.3. The predicted octanol–water partition coefficient (Wildman–Crippen LogP) is 9.18. The fourth-order valence-corrected chi connectivity index (χ4v) is 18.1. The lowest BCUT2D eigenvalue weighted by Crippen LogP contribution is -2.49. The van der Waals surface area contributed by atoms with Gasteiger partial charge in [-0.3, -0.25) is 0 Å². The summed E-state index contributed by atoms with van der Waals surface area (Å²) in [5.74, 6) is 1.95. The van der Waals surface area contributed by atoms with E-state index in [1.807, 2.05) is 0 Å². The third kappa shape index (κ3) is 8.21. The molecule has 1 nitrogen and oxygen atoms in total. The topological polar surface area (TPSA) is 9.23 Å². The Morgan fingerprint density at radius 3 is 2.06 bits per heavy atom. The van der Waals surface area contributed by atoms with Gasteiger partial charge in [0.15, 0.2) is 8.32 Å². The Morgan fingerprint density at radius 1 is 0.939 bits per heavy atom. The van der Waals surface area contributed by atoms with E-state index in [1.54, 1.807) is 5.19 Å². The van der Waals surface area contributed by atoms with E-state index < -0.39 is 16.4 Å². The molecule has 3 atom stereocenters. The predicted molar refractivity (Wildman–Crippen MR) is 154 cm³/mol. The second kappa shape index (κ2) is 13.4. The summed E-state index contributed by atoms with van der Waals surface area (Å²) in [5.41, 5.74) is 0.715. The van der Waals surface area contributed by atoms with Crippen LogP contribution in [-0.2, 0) is 4.43 Å². The molecule has 1 aromatic carbocycles. The summed E-state index contributed by atoms with van der Waals surface area (Å²) >= 11 is 0. The summed E-state index contributed by atoms with van der Waals surface area (Å²) < 4.78 is 7.39. The molecular weight excluding hydrogens is 433 g/mol. The Bertz CT molecular complexity index is 672. The average molecular weight is 487 g/mol. The van der Waals surface area contributed by atoms with Crippen molar-refractivity contribution in [3.63, 3.8) is 0 Å². The zero-order valence-electron chi connectivity index (χ0n) is 23.0. The molecule has 0 saturated carbocycles. The van der Waals surface area contributed by atoms with E-state index in [9.17, 15) is 0 Å². The fourth-order valence-electron chi connectivity index (χ4n) is 6.51. The number of hydrogen-bond donors (Lipinski definition) is 0. The van der Waals surface area contributed by atoms with E-state index >= 15 is 0 Å². The van der Waals surface area contributed by atoms with Crippen LogP contribution in [0.5, 0.6) is 0 Å². The van der Waals surface area contributed by atoms with Crippen LogP contribution >= 0.6 is 0 Å². The molecule has 0 radical (unpaired) electrons. The molecule has 1 aliphatic rings. The second-order valence-corrected chi connectivity index (χ2v) is 21.0. The van der Waals surface area contributed by atoms with Crippen LogP contribution in [0, 0.1) is 17.8 Å². The van der Waals surface area contributed by atoms with Crippen LogP contribution in [0.15, 0.2) is 43.0 Å². The lowest BCUT2D eigenvalue weighted by molar-refractivity contribution is 0.173. The first kappa shape index (κ1) is 28.6. The number of unbranched alkanes of at least 4 members (excludes halogenated alkanes) is 5. The van der Waals surface area contributed by atoms with Crippen LogP contribution in [-0.4, -0.2) is 22.5 Å². The summed E-state index contributed by atoms with van der Waals surface area (Å²) in [6.07, 6.45) is 12.1. The molecule has 3 heteroatoms. The zero-order valence-corrected chi connectivity index (χ0v) is 25.0. The molecule has 0 bridgehead atoms. The largest absolute Gasteiger partial charge is 0.413 e. The van der Waals surface area contributed by atoms with Gasteiger partial charge in [0.1, 0.15) is 0 Å². The van der Waals surface area contributed by atoms with Gasteiger partial charge in [0.05, 0.1) is 14.2 Å². The first-order chi connectivity index (χ1) is 15.6. The molecule has 1 aromatic rings. The van der Waals surface area contributed by atoms with E-state index in [-0.39, 0.29) is 0 Å². The van der Waals surface area contributed by atoms with Gasteiger partial charge < -0.3 is 4.43 Å². The van der Waals surface area contributed by atoms with Crippen molar-refractivity contribution >= 4 is 21.6 Å². The molecule has 0 aromatic heterocycles. The fraction of sp³-hybridized carbons (Fsp3) is 0.733. The van der Waals surface area contributed by atoms with Crippen LogP contribution in [0.1, 0.15) is 79.6 Å². The van der Waals surface area contributed by atoms with Crippen LogP contribution in [0.4, 0.5) is 0 Å². The van der Waals surface area contributed by atoms with Gasteiger partial charge >= 0.3 is 0 Å². The molecular formula is C30H54OSi2. The Balaban J connectivity index is 2.29. The molecule has 0 amide bonds. The van der Waals surface area contributed by atoms with Crippen molar-refractivity contribution in [3.8, 4) is 0 Å². The maximum absolute atomic E-state index is 7.39. The van der Waals surface area contributed by atoms with E-state index in [0.717, 1.165) is 0 Å². The third-order valence-corrected chi connectivity index (χ3v) is 17.4. The van der Waals surface area contributed by atoms with Crippen LogP contribution < -0.4 is 5.19 Å². The van der Waals surface area contributed by atoms with Crippen LogP contribution in [0.3, 0.4) is 0 Å². The minimum atomic E-state index is -1.90. The number of benzene rings is 1.